The molecule has 1 fully saturated rings. The molecule has 104 valence electrons. The van der Waals surface area contributed by atoms with Gasteiger partial charge in [-0.2, -0.15) is 0 Å². The van der Waals surface area contributed by atoms with Crippen LogP contribution in [0.4, 0.5) is 0 Å². The largest absolute Gasteiger partial charge is 0.313 e. The standard InChI is InChI=1S/C15H32N2.H2/c1-13(2)5-6-15-7-10-17(11-8-15)12-9-16-14(3)4;/h13-16H,5-12H2,1-4H3;1H. The number of nitrogens with one attached hydrogen (secondary N) is 1. The third kappa shape index (κ3) is 7.05. The first kappa shape index (κ1) is 15.0. The molecule has 1 rings (SSSR count). The van der Waals surface area contributed by atoms with E-state index in [1.807, 2.05) is 0 Å². The van der Waals surface area contributed by atoms with Crippen molar-refractivity contribution >= 4 is 0 Å². The van der Waals surface area contributed by atoms with E-state index in [-0.39, 0.29) is 1.43 Å². The van der Waals surface area contributed by atoms with E-state index >= 15 is 0 Å². The zero-order valence-electron chi connectivity index (χ0n) is 12.3. The van der Waals surface area contributed by atoms with Crippen LogP contribution in [0.5, 0.6) is 0 Å². The average Bonchev–Trinajstić information content (AvgIpc) is 2.27. The minimum atomic E-state index is 0. The van der Waals surface area contributed by atoms with Gasteiger partial charge in [-0.25, -0.2) is 0 Å². The van der Waals surface area contributed by atoms with Gasteiger partial charge in [-0.05, 0) is 37.8 Å². The molecule has 0 atom stereocenters. The van der Waals surface area contributed by atoms with Gasteiger partial charge >= 0.3 is 0 Å². The molecule has 1 aliphatic rings. The van der Waals surface area contributed by atoms with Gasteiger partial charge in [0.25, 0.3) is 0 Å². The Morgan fingerprint density at radius 3 is 2.35 bits per heavy atom. The molecule has 0 aromatic rings. The molecule has 0 saturated carbocycles. The SMILES string of the molecule is CC(C)CCC1CCN(CCNC(C)C)CC1.[HH]. The summed E-state index contributed by atoms with van der Waals surface area (Å²) in [6, 6.07) is 0.624. The second kappa shape index (κ2) is 8.10. The van der Waals surface area contributed by atoms with E-state index < -0.39 is 0 Å². The van der Waals surface area contributed by atoms with Crippen LogP contribution in [-0.2, 0) is 0 Å². The molecule has 1 saturated heterocycles. The summed E-state index contributed by atoms with van der Waals surface area (Å²) in [5, 5.41) is 3.50. The third-order valence-corrected chi connectivity index (χ3v) is 3.84. The second-order valence-corrected chi connectivity index (χ2v) is 6.37. The van der Waals surface area contributed by atoms with Crippen LogP contribution in [0, 0.1) is 11.8 Å². The molecule has 1 aliphatic heterocycles. The fourth-order valence-electron chi connectivity index (χ4n) is 2.58. The van der Waals surface area contributed by atoms with Crippen molar-refractivity contribution in [3.8, 4) is 0 Å². The highest BCUT2D eigenvalue weighted by molar-refractivity contribution is 4.73. The first-order valence-corrected chi connectivity index (χ1v) is 7.53. The lowest BCUT2D eigenvalue weighted by molar-refractivity contribution is 0.174. The van der Waals surface area contributed by atoms with Crippen molar-refractivity contribution in [2.24, 2.45) is 11.8 Å². The van der Waals surface area contributed by atoms with Crippen LogP contribution >= 0.6 is 0 Å². The summed E-state index contributed by atoms with van der Waals surface area (Å²) in [5.41, 5.74) is 0. The molecule has 0 spiro atoms. The van der Waals surface area contributed by atoms with Gasteiger partial charge in [0.1, 0.15) is 0 Å². The van der Waals surface area contributed by atoms with Crippen molar-refractivity contribution in [1.82, 2.24) is 10.2 Å². The number of hydrogen-bond acceptors (Lipinski definition) is 2. The number of hydrogen-bond donors (Lipinski definition) is 1. The summed E-state index contributed by atoms with van der Waals surface area (Å²) in [7, 11) is 0. The third-order valence-electron chi connectivity index (χ3n) is 3.84. The van der Waals surface area contributed by atoms with Gasteiger partial charge < -0.3 is 10.2 Å². The maximum absolute atomic E-state index is 3.50. The Hall–Kier alpha value is -0.0800. The average molecular weight is 242 g/mol. The van der Waals surface area contributed by atoms with E-state index in [1.165, 1.54) is 45.3 Å². The van der Waals surface area contributed by atoms with Gasteiger partial charge in [0.15, 0.2) is 0 Å². The Morgan fingerprint density at radius 2 is 1.82 bits per heavy atom. The van der Waals surface area contributed by atoms with Crippen LogP contribution in [0.25, 0.3) is 0 Å². The number of piperidine rings is 1. The number of likely N-dealkylation sites (tertiary alicyclic amines) is 1. The monoisotopic (exact) mass is 242 g/mol. The quantitative estimate of drug-likeness (QED) is 0.736. The smallest absolute Gasteiger partial charge is 0.0107 e. The van der Waals surface area contributed by atoms with E-state index in [1.54, 1.807) is 0 Å². The molecule has 2 heteroatoms. The molecular weight excluding hydrogens is 208 g/mol. The van der Waals surface area contributed by atoms with E-state index in [4.69, 9.17) is 0 Å². The van der Waals surface area contributed by atoms with Crippen LogP contribution in [0.3, 0.4) is 0 Å². The van der Waals surface area contributed by atoms with Crippen LogP contribution in [0.2, 0.25) is 0 Å². The first-order valence-electron chi connectivity index (χ1n) is 7.53. The molecule has 17 heavy (non-hydrogen) atoms. The number of nitrogens with zero attached hydrogens (tertiary/aromatic N) is 1. The summed E-state index contributed by atoms with van der Waals surface area (Å²) in [5.74, 6) is 1.88. The predicted octanol–water partition coefficient (Wildman–Crippen LogP) is 3.38. The molecule has 0 amide bonds. The molecule has 2 nitrogen and oxygen atoms in total. The normalized spacial score (nSPS) is 19.4. The summed E-state index contributed by atoms with van der Waals surface area (Å²) >= 11 is 0. The van der Waals surface area contributed by atoms with Gasteiger partial charge in [0.05, 0.1) is 0 Å². The molecule has 0 aromatic carbocycles. The first-order chi connectivity index (χ1) is 8.08. The van der Waals surface area contributed by atoms with Crippen LogP contribution < -0.4 is 5.32 Å². The van der Waals surface area contributed by atoms with Crippen molar-refractivity contribution in [2.45, 2.75) is 59.4 Å². The minimum Gasteiger partial charge on any atom is -0.313 e. The van der Waals surface area contributed by atoms with E-state index in [0.717, 1.165) is 18.4 Å². The summed E-state index contributed by atoms with van der Waals surface area (Å²) in [6.07, 6.45) is 5.72. The topological polar surface area (TPSA) is 15.3 Å². The molecule has 0 aliphatic carbocycles. The van der Waals surface area contributed by atoms with E-state index in [0.29, 0.717) is 6.04 Å². The molecule has 1 heterocycles. The van der Waals surface area contributed by atoms with Gasteiger partial charge in [0, 0.05) is 20.6 Å². The lowest BCUT2D eigenvalue weighted by Crippen LogP contribution is -2.39. The lowest BCUT2D eigenvalue weighted by Gasteiger charge is -2.32. The van der Waals surface area contributed by atoms with Crippen LogP contribution in [0.1, 0.15) is 54.8 Å². The zero-order valence-corrected chi connectivity index (χ0v) is 12.3. The summed E-state index contributed by atoms with van der Waals surface area (Å²) in [4.78, 5) is 2.63. The zero-order chi connectivity index (χ0) is 12.7. The summed E-state index contributed by atoms with van der Waals surface area (Å²) in [6.45, 7) is 14.1. The van der Waals surface area contributed by atoms with Gasteiger partial charge in [-0.3, -0.25) is 0 Å². The Balaban J connectivity index is 0.00000289. The second-order valence-electron chi connectivity index (χ2n) is 6.37. The van der Waals surface area contributed by atoms with Crippen molar-refractivity contribution < 1.29 is 1.43 Å². The fraction of sp³-hybridized carbons (Fsp3) is 1.00. The van der Waals surface area contributed by atoms with Crippen LogP contribution in [-0.4, -0.2) is 37.1 Å². The highest BCUT2D eigenvalue weighted by Crippen LogP contribution is 2.23. The van der Waals surface area contributed by atoms with Gasteiger partial charge in [0.2, 0.25) is 0 Å². The fourth-order valence-corrected chi connectivity index (χ4v) is 2.58. The minimum absolute atomic E-state index is 0. The molecular formula is C15H34N2. The van der Waals surface area contributed by atoms with Gasteiger partial charge in [-0.1, -0.05) is 40.5 Å². The predicted molar refractivity (Wildman–Crippen MR) is 78.5 cm³/mol. The maximum atomic E-state index is 3.50. The lowest BCUT2D eigenvalue weighted by atomic mass is 9.90. The molecule has 0 aromatic heterocycles. The Bertz CT molecular complexity index is 187. The highest BCUT2D eigenvalue weighted by atomic mass is 15.1. The van der Waals surface area contributed by atoms with Crippen molar-refractivity contribution in [3.63, 3.8) is 0 Å². The van der Waals surface area contributed by atoms with Crippen molar-refractivity contribution in [2.75, 3.05) is 26.2 Å². The van der Waals surface area contributed by atoms with Crippen molar-refractivity contribution in [3.05, 3.63) is 0 Å². The summed E-state index contributed by atoms with van der Waals surface area (Å²) < 4.78 is 0. The molecule has 0 bridgehead atoms. The van der Waals surface area contributed by atoms with Crippen LogP contribution in [0.15, 0.2) is 0 Å². The number of rotatable bonds is 7. The Morgan fingerprint density at radius 1 is 1.18 bits per heavy atom. The van der Waals surface area contributed by atoms with Gasteiger partial charge in [-0.15, -0.1) is 0 Å². The maximum Gasteiger partial charge on any atom is 0.0107 e. The van der Waals surface area contributed by atoms with Crippen molar-refractivity contribution in [1.29, 1.82) is 0 Å². The molecule has 1 N–H and O–H groups in total. The van der Waals surface area contributed by atoms with E-state index in [2.05, 4.69) is 37.9 Å². The molecule has 0 unspecified atom stereocenters. The Labute approximate surface area is 110 Å². The highest BCUT2D eigenvalue weighted by Gasteiger charge is 2.18. The van der Waals surface area contributed by atoms with E-state index in [9.17, 15) is 0 Å². The Kier molecular flexibility index (Phi) is 7.14. The molecule has 0 radical (unpaired) electrons.